The van der Waals surface area contributed by atoms with E-state index in [4.69, 9.17) is 9.47 Å². The van der Waals surface area contributed by atoms with Gasteiger partial charge in [-0.3, -0.25) is 4.79 Å². The highest BCUT2D eigenvalue weighted by atomic mass is 16.5. The fourth-order valence-corrected chi connectivity index (χ4v) is 2.45. The van der Waals surface area contributed by atoms with Crippen molar-refractivity contribution in [3.63, 3.8) is 0 Å². The quantitative estimate of drug-likeness (QED) is 0.597. The van der Waals surface area contributed by atoms with Crippen LogP contribution in [0.25, 0.3) is 0 Å². The summed E-state index contributed by atoms with van der Waals surface area (Å²) < 4.78 is 11.1. The van der Waals surface area contributed by atoms with Gasteiger partial charge in [0.25, 0.3) is 5.91 Å². The van der Waals surface area contributed by atoms with Gasteiger partial charge in [-0.05, 0) is 49.7 Å². The minimum absolute atomic E-state index is 0.150. The van der Waals surface area contributed by atoms with Crippen molar-refractivity contribution in [2.45, 2.75) is 39.5 Å². The van der Waals surface area contributed by atoms with E-state index >= 15 is 0 Å². The summed E-state index contributed by atoms with van der Waals surface area (Å²) in [7, 11) is 0. The van der Waals surface area contributed by atoms with Gasteiger partial charge in [0.05, 0.1) is 13.2 Å². The maximum atomic E-state index is 12.3. The lowest BCUT2D eigenvalue weighted by molar-refractivity contribution is 0.102. The molecule has 0 saturated carbocycles. The van der Waals surface area contributed by atoms with Crippen molar-refractivity contribution in [3.05, 3.63) is 54.1 Å². The molecule has 4 heteroatoms. The zero-order valence-electron chi connectivity index (χ0n) is 15.1. The van der Waals surface area contributed by atoms with Crippen LogP contribution in [0.1, 0.15) is 49.9 Å². The van der Waals surface area contributed by atoms with Gasteiger partial charge in [0.15, 0.2) is 0 Å². The van der Waals surface area contributed by atoms with Gasteiger partial charge < -0.3 is 14.8 Å². The molecule has 0 spiro atoms. The van der Waals surface area contributed by atoms with E-state index in [0.717, 1.165) is 23.6 Å². The summed E-state index contributed by atoms with van der Waals surface area (Å²) in [6.45, 7) is 5.43. The molecular formula is C21H27NO3. The van der Waals surface area contributed by atoms with Gasteiger partial charge in [-0.15, -0.1) is 0 Å². The molecule has 1 N–H and O–H groups in total. The molecule has 0 aliphatic heterocycles. The topological polar surface area (TPSA) is 47.6 Å². The normalized spacial score (nSPS) is 10.3. The number of ether oxygens (including phenoxy) is 2. The molecule has 2 aromatic rings. The van der Waals surface area contributed by atoms with E-state index in [-0.39, 0.29) is 5.91 Å². The van der Waals surface area contributed by atoms with E-state index in [1.54, 1.807) is 24.3 Å². The lowest BCUT2D eigenvalue weighted by atomic mass is 10.2. The maximum Gasteiger partial charge on any atom is 0.255 e. The molecule has 0 heterocycles. The molecule has 0 fully saturated rings. The Kier molecular flexibility index (Phi) is 7.83. The van der Waals surface area contributed by atoms with Crippen LogP contribution in [0.4, 0.5) is 5.69 Å². The van der Waals surface area contributed by atoms with E-state index in [1.165, 1.54) is 19.3 Å². The zero-order valence-corrected chi connectivity index (χ0v) is 15.1. The molecule has 0 atom stereocenters. The average Bonchev–Trinajstić information content (AvgIpc) is 2.63. The smallest absolute Gasteiger partial charge is 0.255 e. The molecule has 0 saturated heterocycles. The van der Waals surface area contributed by atoms with Crippen LogP contribution in [0.5, 0.6) is 11.5 Å². The Morgan fingerprint density at radius 2 is 1.72 bits per heavy atom. The first-order valence-electron chi connectivity index (χ1n) is 9.00. The van der Waals surface area contributed by atoms with E-state index < -0.39 is 0 Å². The Labute approximate surface area is 150 Å². The average molecular weight is 341 g/mol. The molecule has 134 valence electrons. The van der Waals surface area contributed by atoms with Crippen LogP contribution in [-0.2, 0) is 0 Å². The standard InChI is InChI=1S/C21H27NO3/c1-3-5-6-7-15-25-20-10-8-9-18(16-20)22-21(23)17-11-13-19(14-12-17)24-4-2/h8-14,16H,3-7,15H2,1-2H3,(H,22,23). The molecule has 0 radical (unpaired) electrons. The number of rotatable bonds is 10. The zero-order chi connectivity index (χ0) is 17.9. The highest BCUT2D eigenvalue weighted by Gasteiger charge is 2.07. The van der Waals surface area contributed by atoms with Gasteiger partial charge >= 0.3 is 0 Å². The molecule has 0 unspecified atom stereocenters. The molecule has 1 amide bonds. The number of carbonyl (C=O) groups is 1. The number of unbranched alkanes of at least 4 members (excludes halogenated alkanes) is 3. The molecule has 0 aliphatic rings. The first-order chi connectivity index (χ1) is 12.2. The Morgan fingerprint density at radius 1 is 0.920 bits per heavy atom. The molecule has 0 bridgehead atoms. The number of anilines is 1. The minimum Gasteiger partial charge on any atom is -0.494 e. The number of carbonyl (C=O) groups excluding carboxylic acids is 1. The second-order valence-corrected chi connectivity index (χ2v) is 5.85. The third-order valence-electron chi connectivity index (χ3n) is 3.79. The van der Waals surface area contributed by atoms with Gasteiger partial charge in [0.1, 0.15) is 11.5 Å². The van der Waals surface area contributed by atoms with Crippen LogP contribution in [0.2, 0.25) is 0 Å². The molecule has 25 heavy (non-hydrogen) atoms. The Hall–Kier alpha value is -2.49. The van der Waals surface area contributed by atoms with Crippen molar-refractivity contribution in [3.8, 4) is 11.5 Å². The Balaban J connectivity index is 1.88. The van der Waals surface area contributed by atoms with E-state index in [9.17, 15) is 4.79 Å². The molecule has 0 aromatic heterocycles. The van der Waals surface area contributed by atoms with E-state index in [0.29, 0.717) is 18.8 Å². The van der Waals surface area contributed by atoms with Gasteiger partial charge in [0, 0.05) is 17.3 Å². The number of hydrogen-bond acceptors (Lipinski definition) is 3. The molecular weight excluding hydrogens is 314 g/mol. The first kappa shape index (κ1) is 18.8. The highest BCUT2D eigenvalue weighted by molar-refractivity contribution is 6.04. The van der Waals surface area contributed by atoms with Crippen molar-refractivity contribution in [1.82, 2.24) is 0 Å². The van der Waals surface area contributed by atoms with Crippen molar-refractivity contribution < 1.29 is 14.3 Å². The predicted molar refractivity (Wildman–Crippen MR) is 102 cm³/mol. The van der Waals surface area contributed by atoms with E-state index in [1.807, 2.05) is 31.2 Å². The summed E-state index contributed by atoms with van der Waals surface area (Å²) >= 11 is 0. The monoisotopic (exact) mass is 341 g/mol. The van der Waals surface area contributed by atoms with Crippen LogP contribution in [0, 0.1) is 0 Å². The van der Waals surface area contributed by atoms with Crippen molar-refractivity contribution in [2.75, 3.05) is 18.5 Å². The molecule has 0 aliphatic carbocycles. The summed E-state index contributed by atoms with van der Waals surface area (Å²) in [5, 5.41) is 2.90. The van der Waals surface area contributed by atoms with Gasteiger partial charge in [-0.1, -0.05) is 32.3 Å². The summed E-state index contributed by atoms with van der Waals surface area (Å²) in [6, 6.07) is 14.6. The summed E-state index contributed by atoms with van der Waals surface area (Å²) in [4.78, 5) is 12.3. The van der Waals surface area contributed by atoms with Crippen molar-refractivity contribution in [2.24, 2.45) is 0 Å². The van der Waals surface area contributed by atoms with Gasteiger partial charge in [-0.2, -0.15) is 0 Å². The Morgan fingerprint density at radius 3 is 2.44 bits per heavy atom. The fourth-order valence-electron chi connectivity index (χ4n) is 2.45. The van der Waals surface area contributed by atoms with E-state index in [2.05, 4.69) is 12.2 Å². The molecule has 2 aromatic carbocycles. The molecule has 2 rings (SSSR count). The second kappa shape index (κ2) is 10.4. The second-order valence-electron chi connectivity index (χ2n) is 5.85. The summed E-state index contributed by atoms with van der Waals surface area (Å²) in [5.74, 6) is 1.39. The van der Waals surface area contributed by atoms with Crippen LogP contribution in [-0.4, -0.2) is 19.1 Å². The van der Waals surface area contributed by atoms with Crippen LogP contribution < -0.4 is 14.8 Å². The number of benzene rings is 2. The van der Waals surface area contributed by atoms with Crippen molar-refractivity contribution >= 4 is 11.6 Å². The lowest BCUT2D eigenvalue weighted by Crippen LogP contribution is -2.11. The SMILES string of the molecule is CCCCCCOc1cccc(NC(=O)c2ccc(OCC)cc2)c1. The summed E-state index contributed by atoms with van der Waals surface area (Å²) in [6.07, 6.45) is 4.69. The van der Waals surface area contributed by atoms with Gasteiger partial charge in [-0.25, -0.2) is 0 Å². The van der Waals surface area contributed by atoms with Crippen LogP contribution in [0.3, 0.4) is 0 Å². The Bertz CT molecular complexity index is 652. The fraction of sp³-hybridized carbons (Fsp3) is 0.381. The largest absolute Gasteiger partial charge is 0.494 e. The van der Waals surface area contributed by atoms with Crippen molar-refractivity contribution in [1.29, 1.82) is 0 Å². The number of nitrogens with one attached hydrogen (secondary N) is 1. The number of amides is 1. The minimum atomic E-state index is -0.150. The third-order valence-corrected chi connectivity index (χ3v) is 3.79. The van der Waals surface area contributed by atoms with Gasteiger partial charge in [0.2, 0.25) is 0 Å². The van der Waals surface area contributed by atoms with Crippen LogP contribution >= 0.6 is 0 Å². The maximum absolute atomic E-state index is 12.3. The number of hydrogen-bond donors (Lipinski definition) is 1. The summed E-state index contributed by atoms with van der Waals surface area (Å²) in [5.41, 5.74) is 1.32. The van der Waals surface area contributed by atoms with Crippen LogP contribution in [0.15, 0.2) is 48.5 Å². The first-order valence-corrected chi connectivity index (χ1v) is 9.00. The lowest BCUT2D eigenvalue weighted by Gasteiger charge is -2.10. The highest BCUT2D eigenvalue weighted by Crippen LogP contribution is 2.19. The predicted octanol–water partition coefficient (Wildman–Crippen LogP) is 5.30. The third kappa shape index (κ3) is 6.49. The molecule has 4 nitrogen and oxygen atoms in total.